The lowest BCUT2D eigenvalue weighted by molar-refractivity contribution is 0.306. The Morgan fingerprint density at radius 2 is 1.56 bits per heavy atom. The molecule has 0 atom stereocenters. The van der Waals surface area contributed by atoms with Gasteiger partial charge in [0.2, 0.25) is 0 Å². The zero-order chi connectivity index (χ0) is 12.8. The highest BCUT2D eigenvalue weighted by atomic mass is 15.0. The fourth-order valence-corrected chi connectivity index (χ4v) is 2.78. The zero-order valence-corrected chi connectivity index (χ0v) is 11.8. The summed E-state index contributed by atoms with van der Waals surface area (Å²) in [7, 11) is 1.95. The first-order valence-corrected chi connectivity index (χ1v) is 7.63. The van der Waals surface area contributed by atoms with Crippen LogP contribution in [-0.4, -0.2) is 31.7 Å². The van der Waals surface area contributed by atoms with Gasteiger partial charge in [-0.05, 0) is 57.9 Å². The largest absolute Gasteiger partial charge is 0.392 e. The molecule has 0 saturated heterocycles. The van der Waals surface area contributed by atoms with Crippen LogP contribution >= 0.6 is 0 Å². The highest BCUT2D eigenvalue weighted by Gasteiger charge is 2.27. The van der Waals surface area contributed by atoms with Gasteiger partial charge in [-0.15, -0.1) is 0 Å². The van der Waals surface area contributed by atoms with E-state index in [2.05, 4.69) is 22.5 Å². The first-order valence-electron chi connectivity index (χ1n) is 7.63. The van der Waals surface area contributed by atoms with Gasteiger partial charge in [-0.1, -0.05) is 6.58 Å². The summed E-state index contributed by atoms with van der Waals surface area (Å²) in [5, 5.41) is 10.6. The van der Waals surface area contributed by atoms with Gasteiger partial charge in [0.1, 0.15) is 0 Å². The molecule has 0 aromatic rings. The van der Waals surface area contributed by atoms with Gasteiger partial charge in [0.15, 0.2) is 0 Å². The number of hydrogen-bond donors (Lipinski definition) is 3. The second-order valence-electron chi connectivity index (χ2n) is 5.90. The maximum absolute atomic E-state index is 3.95. The molecule has 3 nitrogen and oxygen atoms in total. The van der Waals surface area contributed by atoms with Crippen molar-refractivity contribution < 1.29 is 0 Å². The molecule has 2 aliphatic carbocycles. The minimum atomic E-state index is 0.755. The molecule has 3 N–H and O–H groups in total. The highest BCUT2D eigenvalue weighted by Crippen LogP contribution is 2.25. The minimum Gasteiger partial charge on any atom is -0.392 e. The van der Waals surface area contributed by atoms with E-state index >= 15 is 0 Å². The van der Waals surface area contributed by atoms with Crippen LogP contribution in [0.1, 0.15) is 51.4 Å². The first kappa shape index (κ1) is 13.9. The summed E-state index contributed by atoms with van der Waals surface area (Å²) < 4.78 is 0. The van der Waals surface area contributed by atoms with E-state index in [1.54, 1.807) is 0 Å². The van der Waals surface area contributed by atoms with Crippen molar-refractivity contribution in [3.8, 4) is 0 Å². The first-order chi connectivity index (χ1) is 8.78. The lowest BCUT2D eigenvalue weighted by Gasteiger charge is -2.30. The molecule has 3 heteroatoms. The molecule has 0 aliphatic heterocycles. The Hall–Kier alpha value is -0.540. The van der Waals surface area contributed by atoms with E-state index in [4.69, 9.17) is 0 Å². The van der Waals surface area contributed by atoms with Crippen LogP contribution in [-0.2, 0) is 0 Å². The summed E-state index contributed by atoms with van der Waals surface area (Å²) >= 11 is 0. The van der Waals surface area contributed by atoms with Crippen molar-refractivity contribution in [2.45, 2.75) is 69.5 Å². The predicted molar refractivity (Wildman–Crippen MR) is 77.6 cm³/mol. The van der Waals surface area contributed by atoms with E-state index in [0.29, 0.717) is 0 Å². The van der Waals surface area contributed by atoms with Gasteiger partial charge in [0.25, 0.3) is 0 Å². The highest BCUT2D eigenvalue weighted by molar-refractivity contribution is 4.90. The molecule has 0 spiro atoms. The summed E-state index contributed by atoms with van der Waals surface area (Å²) in [5.41, 5.74) is 1.15. The van der Waals surface area contributed by atoms with Crippen molar-refractivity contribution in [1.82, 2.24) is 16.0 Å². The molecule has 0 amide bonds. The van der Waals surface area contributed by atoms with Gasteiger partial charge in [0.05, 0.1) is 0 Å². The Labute approximate surface area is 112 Å². The molecule has 104 valence electrons. The van der Waals surface area contributed by atoms with Crippen molar-refractivity contribution in [3.63, 3.8) is 0 Å². The Balaban J connectivity index is 1.49. The number of hydrogen-bond acceptors (Lipinski definition) is 3. The Kier molecular flexibility index (Phi) is 5.51. The van der Waals surface area contributed by atoms with Gasteiger partial charge in [0, 0.05) is 30.9 Å². The summed E-state index contributed by atoms with van der Waals surface area (Å²) in [6, 6.07) is 2.43. The number of rotatable bonds is 8. The molecular formula is C15H29N3. The van der Waals surface area contributed by atoms with Crippen molar-refractivity contribution >= 4 is 0 Å². The molecule has 18 heavy (non-hydrogen) atoms. The standard InChI is InChI=1S/C15H29N3/c1-12(16-2)4-3-11-17-13-5-7-14(8-6-13)18-15-9-10-15/h13-18H,1,3-11H2,2H3. The summed E-state index contributed by atoms with van der Waals surface area (Å²) in [6.07, 6.45) is 10.5. The van der Waals surface area contributed by atoms with Crippen LogP contribution in [0, 0.1) is 0 Å². The Morgan fingerprint density at radius 1 is 1.00 bits per heavy atom. The molecule has 2 fully saturated rings. The van der Waals surface area contributed by atoms with Crippen molar-refractivity contribution in [2.24, 2.45) is 0 Å². The summed E-state index contributed by atoms with van der Waals surface area (Å²) in [4.78, 5) is 0. The van der Waals surface area contributed by atoms with Crippen LogP contribution in [0.2, 0.25) is 0 Å². The molecule has 0 aromatic carbocycles. The molecule has 0 aromatic heterocycles. The number of nitrogens with one attached hydrogen (secondary N) is 3. The van der Waals surface area contributed by atoms with E-state index in [1.165, 1.54) is 44.9 Å². The normalized spacial score (nSPS) is 28.1. The van der Waals surface area contributed by atoms with Crippen LogP contribution in [0.25, 0.3) is 0 Å². The quantitative estimate of drug-likeness (QED) is 0.579. The molecule has 0 radical (unpaired) electrons. The van der Waals surface area contributed by atoms with Crippen molar-refractivity contribution in [2.75, 3.05) is 13.6 Å². The Morgan fingerprint density at radius 3 is 2.11 bits per heavy atom. The Bertz CT molecular complexity index is 252. The predicted octanol–water partition coefficient (Wildman–Crippen LogP) is 2.15. The average molecular weight is 251 g/mol. The summed E-state index contributed by atoms with van der Waals surface area (Å²) in [5.74, 6) is 0. The molecule has 2 saturated carbocycles. The van der Waals surface area contributed by atoms with Crippen LogP contribution in [0.15, 0.2) is 12.3 Å². The fraction of sp³-hybridized carbons (Fsp3) is 0.867. The second-order valence-corrected chi connectivity index (χ2v) is 5.90. The lowest BCUT2D eigenvalue weighted by atomic mass is 9.91. The molecule has 0 unspecified atom stereocenters. The zero-order valence-electron chi connectivity index (χ0n) is 11.8. The van der Waals surface area contributed by atoms with Crippen LogP contribution in [0.4, 0.5) is 0 Å². The molecular weight excluding hydrogens is 222 g/mol. The van der Waals surface area contributed by atoms with E-state index in [9.17, 15) is 0 Å². The van der Waals surface area contributed by atoms with Crippen LogP contribution in [0.5, 0.6) is 0 Å². The van der Waals surface area contributed by atoms with Crippen molar-refractivity contribution in [3.05, 3.63) is 12.3 Å². The third-order valence-corrected chi connectivity index (χ3v) is 4.22. The van der Waals surface area contributed by atoms with Crippen LogP contribution in [0.3, 0.4) is 0 Å². The second kappa shape index (κ2) is 7.15. The van der Waals surface area contributed by atoms with E-state index in [1.807, 2.05) is 7.05 Å². The maximum atomic E-state index is 3.95. The van der Waals surface area contributed by atoms with Gasteiger partial charge in [-0.25, -0.2) is 0 Å². The fourth-order valence-electron chi connectivity index (χ4n) is 2.78. The smallest absolute Gasteiger partial charge is 0.00708 e. The third-order valence-electron chi connectivity index (χ3n) is 4.22. The van der Waals surface area contributed by atoms with Gasteiger partial charge < -0.3 is 16.0 Å². The number of allylic oxidation sites excluding steroid dienone is 1. The third kappa shape index (κ3) is 4.99. The van der Waals surface area contributed by atoms with Gasteiger partial charge >= 0.3 is 0 Å². The van der Waals surface area contributed by atoms with Gasteiger partial charge in [-0.3, -0.25) is 0 Å². The molecule has 0 heterocycles. The van der Waals surface area contributed by atoms with E-state index in [-0.39, 0.29) is 0 Å². The molecule has 2 rings (SSSR count). The van der Waals surface area contributed by atoms with Crippen LogP contribution < -0.4 is 16.0 Å². The molecule has 2 aliphatic rings. The topological polar surface area (TPSA) is 36.1 Å². The van der Waals surface area contributed by atoms with E-state index < -0.39 is 0 Å². The SMILES string of the molecule is C=C(CCCNC1CCC(NC2CC2)CC1)NC. The average Bonchev–Trinajstić information content (AvgIpc) is 3.20. The van der Waals surface area contributed by atoms with Crippen molar-refractivity contribution in [1.29, 1.82) is 0 Å². The summed E-state index contributed by atoms with van der Waals surface area (Å²) in [6.45, 7) is 5.08. The molecule has 0 bridgehead atoms. The monoisotopic (exact) mass is 251 g/mol. The lowest BCUT2D eigenvalue weighted by Crippen LogP contribution is -2.40. The van der Waals surface area contributed by atoms with E-state index in [0.717, 1.165) is 36.8 Å². The minimum absolute atomic E-state index is 0.755. The van der Waals surface area contributed by atoms with Gasteiger partial charge in [-0.2, -0.15) is 0 Å². The maximum Gasteiger partial charge on any atom is 0.00708 e.